The molecule has 0 spiro atoms. The minimum absolute atomic E-state index is 0.0132. The number of halogens is 1. The molecule has 2 aliphatic heterocycles. The van der Waals surface area contributed by atoms with Crippen molar-refractivity contribution in [2.75, 3.05) is 39.9 Å². The van der Waals surface area contributed by atoms with Gasteiger partial charge in [-0.05, 0) is 50.7 Å². The van der Waals surface area contributed by atoms with Gasteiger partial charge < -0.3 is 10.1 Å². The molecule has 2 aliphatic rings. The summed E-state index contributed by atoms with van der Waals surface area (Å²) in [6.07, 6.45) is 2.47. The predicted molar refractivity (Wildman–Crippen MR) is 90.1 cm³/mol. The third kappa shape index (κ3) is 4.53. The fourth-order valence-corrected chi connectivity index (χ4v) is 3.57. The van der Waals surface area contributed by atoms with Crippen LogP contribution in [0.1, 0.15) is 18.4 Å². The molecule has 0 radical (unpaired) electrons. The Morgan fingerprint density at radius 3 is 2.71 bits per heavy atom. The number of ether oxygens (including phenoxy) is 1. The summed E-state index contributed by atoms with van der Waals surface area (Å²) in [5.74, 6) is -0.229. The molecule has 1 N–H and O–H groups in total. The summed E-state index contributed by atoms with van der Waals surface area (Å²) in [6.45, 7) is 4.44. The zero-order valence-corrected chi connectivity index (χ0v) is 14.2. The van der Waals surface area contributed by atoms with Crippen molar-refractivity contribution in [3.05, 3.63) is 35.6 Å². The quantitative estimate of drug-likeness (QED) is 0.850. The Bertz CT molecular complexity index is 546. The average Bonchev–Trinajstić information content (AvgIpc) is 3.20. The summed E-state index contributed by atoms with van der Waals surface area (Å²) >= 11 is 0. The highest BCUT2D eigenvalue weighted by atomic mass is 19.1. The highest BCUT2D eigenvalue weighted by molar-refractivity contribution is 5.78. The molecule has 0 aliphatic carbocycles. The monoisotopic (exact) mass is 335 g/mol. The summed E-state index contributed by atoms with van der Waals surface area (Å²) < 4.78 is 18.5. The molecule has 2 heterocycles. The number of rotatable bonds is 6. The molecule has 2 atom stereocenters. The highest BCUT2D eigenvalue weighted by Gasteiger charge is 2.35. The molecule has 0 bridgehead atoms. The largest absolute Gasteiger partial charge is 0.378 e. The number of nitrogens with one attached hydrogen (secondary N) is 1. The van der Waals surface area contributed by atoms with Crippen molar-refractivity contribution in [3.63, 3.8) is 0 Å². The molecule has 0 unspecified atom stereocenters. The van der Waals surface area contributed by atoms with Crippen LogP contribution in [0.3, 0.4) is 0 Å². The molecule has 3 rings (SSSR count). The van der Waals surface area contributed by atoms with Gasteiger partial charge in [0, 0.05) is 6.54 Å². The van der Waals surface area contributed by atoms with Crippen molar-refractivity contribution < 1.29 is 13.9 Å². The van der Waals surface area contributed by atoms with E-state index < -0.39 is 0 Å². The van der Waals surface area contributed by atoms with Gasteiger partial charge in [0.15, 0.2) is 0 Å². The van der Waals surface area contributed by atoms with E-state index in [2.05, 4.69) is 10.2 Å². The van der Waals surface area contributed by atoms with Crippen LogP contribution in [0.5, 0.6) is 0 Å². The third-order valence-corrected chi connectivity index (χ3v) is 4.79. The molecular weight excluding hydrogens is 309 g/mol. The van der Waals surface area contributed by atoms with E-state index in [0.717, 1.165) is 18.7 Å². The second kappa shape index (κ2) is 8.05. The predicted octanol–water partition coefficient (Wildman–Crippen LogP) is 1.24. The van der Waals surface area contributed by atoms with E-state index in [4.69, 9.17) is 4.74 Å². The summed E-state index contributed by atoms with van der Waals surface area (Å²) in [5.41, 5.74) is 0.992. The SMILES string of the molecule is CN(CC(=O)N[C@H]1COC[C@@H]1N1CCCC1)Cc1ccc(F)cc1. The zero-order chi connectivity index (χ0) is 16.9. The maximum absolute atomic E-state index is 12.9. The van der Waals surface area contributed by atoms with Gasteiger partial charge >= 0.3 is 0 Å². The van der Waals surface area contributed by atoms with Crippen molar-refractivity contribution in [1.29, 1.82) is 0 Å². The van der Waals surface area contributed by atoms with E-state index in [1.807, 2.05) is 11.9 Å². The van der Waals surface area contributed by atoms with Gasteiger partial charge in [-0.1, -0.05) is 12.1 Å². The van der Waals surface area contributed by atoms with Gasteiger partial charge in [0.2, 0.25) is 5.91 Å². The topological polar surface area (TPSA) is 44.8 Å². The lowest BCUT2D eigenvalue weighted by Crippen LogP contribution is -2.51. The maximum atomic E-state index is 12.9. The van der Waals surface area contributed by atoms with E-state index in [1.54, 1.807) is 12.1 Å². The van der Waals surface area contributed by atoms with Gasteiger partial charge in [0.1, 0.15) is 5.82 Å². The lowest BCUT2D eigenvalue weighted by molar-refractivity contribution is -0.123. The van der Waals surface area contributed by atoms with Crippen LogP contribution in [0.2, 0.25) is 0 Å². The number of nitrogens with zero attached hydrogens (tertiary/aromatic N) is 2. The van der Waals surface area contributed by atoms with Crippen LogP contribution in [0, 0.1) is 5.82 Å². The molecule has 2 fully saturated rings. The van der Waals surface area contributed by atoms with Gasteiger partial charge in [-0.3, -0.25) is 14.6 Å². The first-order valence-corrected chi connectivity index (χ1v) is 8.66. The number of likely N-dealkylation sites (tertiary alicyclic amines) is 1. The molecule has 1 aromatic carbocycles. The number of carbonyl (C=O) groups is 1. The summed E-state index contributed by atoms with van der Waals surface area (Å²) in [4.78, 5) is 16.7. The first kappa shape index (κ1) is 17.3. The van der Waals surface area contributed by atoms with Crippen LogP contribution in [0.4, 0.5) is 4.39 Å². The number of benzene rings is 1. The Hall–Kier alpha value is -1.50. The van der Waals surface area contributed by atoms with E-state index in [0.29, 0.717) is 32.3 Å². The fourth-order valence-electron chi connectivity index (χ4n) is 3.57. The maximum Gasteiger partial charge on any atom is 0.234 e. The van der Waals surface area contributed by atoms with Crippen molar-refractivity contribution in [2.45, 2.75) is 31.5 Å². The van der Waals surface area contributed by atoms with Crippen LogP contribution in [-0.4, -0.2) is 67.7 Å². The van der Waals surface area contributed by atoms with Gasteiger partial charge in [0.05, 0.1) is 31.8 Å². The van der Waals surface area contributed by atoms with Crippen LogP contribution >= 0.6 is 0 Å². The van der Waals surface area contributed by atoms with Gasteiger partial charge in [-0.15, -0.1) is 0 Å². The molecule has 5 nitrogen and oxygen atoms in total. The summed E-state index contributed by atoms with van der Waals surface area (Å²) in [6, 6.07) is 6.77. The number of amides is 1. The third-order valence-electron chi connectivity index (χ3n) is 4.79. The molecule has 1 amide bonds. The van der Waals surface area contributed by atoms with Crippen molar-refractivity contribution in [2.24, 2.45) is 0 Å². The van der Waals surface area contributed by atoms with Crippen LogP contribution in [0.15, 0.2) is 24.3 Å². The van der Waals surface area contributed by atoms with E-state index in [9.17, 15) is 9.18 Å². The fraction of sp³-hybridized carbons (Fsp3) is 0.611. The molecule has 0 saturated carbocycles. The number of hydrogen-bond donors (Lipinski definition) is 1. The van der Waals surface area contributed by atoms with Crippen molar-refractivity contribution in [1.82, 2.24) is 15.1 Å². The molecule has 6 heteroatoms. The van der Waals surface area contributed by atoms with Crippen LogP contribution in [0.25, 0.3) is 0 Å². The Morgan fingerprint density at radius 2 is 2.00 bits per heavy atom. The smallest absolute Gasteiger partial charge is 0.234 e. The minimum Gasteiger partial charge on any atom is -0.378 e. The lowest BCUT2D eigenvalue weighted by atomic mass is 10.1. The van der Waals surface area contributed by atoms with E-state index >= 15 is 0 Å². The summed E-state index contributed by atoms with van der Waals surface area (Å²) in [7, 11) is 1.89. The first-order valence-electron chi connectivity index (χ1n) is 8.66. The highest BCUT2D eigenvalue weighted by Crippen LogP contribution is 2.19. The Labute approximate surface area is 142 Å². The Morgan fingerprint density at radius 1 is 1.29 bits per heavy atom. The van der Waals surface area contributed by atoms with E-state index in [-0.39, 0.29) is 17.8 Å². The van der Waals surface area contributed by atoms with Gasteiger partial charge in [-0.25, -0.2) is 4.39 Å². The second-order valence-electron chi connectivity index (χ2n) is 6.82. The summed E-state index contributed by atoms with van der Waals surface area (Å²) in [5, 5.41) is 3.12. The molecule has 132 valence electrons. The van der Waals surface area contributed by atoms with Crippen molar-refractivity contribution in [3.8, 4) is 0 Å². The number of hydrogen-bond acceptors (Lipinski definition) is 4. The molecule has 0 aromatic heterocycles. The zero-order valence-electron chi connectivity index (χ0n) is 14.2. The first-order chi connectivity index (χ1) is 11.6. The molecule has 24 heavy (non-hydrogen) atoms. The number of carbonyl (C=O) groups excluding carboxylic acids is 1. The van der Waals surface area contributed by atoms with Crippen LogP contribution < -0.4 is 5.32 Å². The molecular formula is C18H26FN3O2. The minimum atomic E-state index is -0.242. The molecule has 2 saturated heterocycles. The lowest BCUT2D eigenvalue weighted by Gasteiger charge is -2.28. The Kier molecular flexibility index (Phi) is 5.81. The second-order valence-corrected chi connectivity index (χ2v) is 6.82. The van der Waals surface area contributed by atoms with E-state index in [1.165, 1.54) is 25.0 Å². The number of likely N-dealkylation sites (N-methyl/N-ethyl adjacent to an activating group) is 1. The Balaban J connectivity index is 1.46. The van der Waals surface area contributed by atoms with Crippen LogP contribution in [-0.2, 0) is 16.1 Å². The standard InChI is InChI=1S/C18H26FN3O2/c1-21(10-14-4-6-15(19)7-5-14)11-18(23)20-16-12-24-13-17(16)22-8-2-3-9-22/h4-7,16-17H,2-3,8-13H2,1H3,(H,20,23)/t16-,17-/m0/s1. The van der Waals surface area contributed by atoms with Gasteiger partial charge in [0.25, 0.3) is 0 Å². The normalized spacial score (nSPS) is 24.6. The average molecular weight is 335 g/mol. The van der Waals surface area contributed by atoms with Gasteiger partial charge in [-0.2, -0.15) is 0 Å². The van der Waals surface area contributed by atoms with Crippen molar-refractivity contribution >= 4 is 5.91 Å². The molecule has 1 aromatic rings.